The minimum absolute atomic E-state index is 0.445. The Bertz CT molecular complexity index is 318. The molecule has 0 fully saturated rings. The molecule has 0 aliphatic rings. The van der Waals surface area contributed by atoms with Crippen LogP contribution in [0.3, 0.4) is 0 Å². The van der Waals surface area contributed by atoms with Crippen molar-refractivity contribution in [3.8, 4) is 5.75 Å². The molecule has 0 saturated carbocycles. The third-order valence-corrected chi connectivity index (χ3v) is 2.30. The van der Waals surface area contributed by atoms with Crippen LogP contribution in [0, 0.1) is 5.92 Å². The predicted molar refractivity (Wildman–Crippen MR) is 69.6 cm³/mol. The van der Waals surface area contributed by atoms with Crippen molar-refractivity contribution >= 4 is 5.82 Å². The van der Waals surface area contributed by atoms with Crippen LogP contribution in [0.2, 0.25) is 0 Å². The normalized spacial score (nSPS) is 12.2. The Morgan fingerprint density at radius 1 is 1.47 bits per heavy atom. The average molecular weight is 238 g/mol. The van der Waals surface area contributed by atoms with Gasteiger partial charge in [-0.05, 0) is 24.5 Å². The van der Waals surface area contributed by atoms with E-state index in [1.807, 2.05) is 12.1 Å². The fourth-order valence-electron chi connectivity index (χ4n) is 1.47. The first-order valence-corrected chi connectivity index (χ1v) is 6.08. The lowest BCUT2D eigenvalue weighted by atomic mass is 10.2. The van der Waals surface area contributed by atoms with Gasteiger partial charge in [-0.25, -0.2) is 4.98 Å². The lowest BCUT2D eigenvalue weighted by Gasteiger charge is -2.14. The maximum absolute atomic E-state index is 5.62. The second-order valence-electron chi connectivity index (χ2n) is 4.14. The number of ether oxygens (including phenoxy) is 2. The molecule has 4 nitrogen and oxygen atoms in total. The van der Waals surface area contributed by atoms with Crippen molar-refractivity contribution in [3.05, 3.63) is 18.3 Å². The van der Waals surface area contributed by atoms with Gasteiger partial charge in [-0.2, -0.15) is 0 Å². The molecule has 1 aromatic rings. The summed E-state index contributed by atoms with van der Waals surface area (Å²) in [7, 11) is 1.72. The number of hydrogen-bond acceptors (Lipinski definition) is 4. The van der Waals surface area contributed by atoms with Crippen LogP contribution in [0.5, 0.6) is 5.75 Å². The highest BCUT2D eigenvalue weighted by Crippen LogP contribution is 2.21. The molecule has 96 valence electrons. The summed E-state index contributed by atoms with van der Waals surface area (Å²) in [6.45, 7) is 6.50. The minimum atomic E-state index is 0.445. The number of anilines is 1. The summed E-state index contributed by atoms with van der Waals surface area (Å²) in [5.74, 6) is 2.07. The zero-order chi connectivity index (χ0) is 12.5. The maximum Gasteiger partial charge on any atom is 0.168 e. The third kappa shape index (κ3) is 5.04. The molecule has 1 atom stereocenters. The van der Waals surface area contributed by atoms with Crippen LogP contribution < -0.4 is 10.1 Å². The first-order chi connectivity index (χ1) is 8.27. The van der Waals surface area contributed by atoms with Gasteiger partial charge >= 0.3 is 0 Å². The largest absolute Gasteiger partial charge is 0.490 e. The van der Waals surface area contributed by atoms with Crippen molar-refractivity contribution in [2.45, 2.75) is 20.3 Å². The van der Waals surface area contributed by atoms with E-state index in [-0.39, 0.29) is 0 Å². The topological polar surface area (TPSA) is 43.4 Å². The molecule has 1 heterocycles. The van der Waals surface area contributed by atoms with Gasteiger partial charge < -0.3 is 14.8 Å². The first-order valence-electron chi connectivity index (χ1n) is 6.08. The van der Waals surface area contributed by atoms with Crippen molar-refractivity contribution in [3.63, 3.8) is 0 Å². The van der Waals surface area contributed by atoms with Gasteiger partial charge in [-0.15, -0.1) is 0 Å². The van der Waals surface area contributed by atoms with E-state index in [1.54, 1.807) is 13.3 Å². The number of pyridine rings is 1. The van der Waals surface area contributed by atoms with E-state index in [4.69, 9.17) is 9.47 Å². The summed E-state index contributed by atoms with van der Waals surface area (Å²) in [6, 6.07) is 3.82. The van der Waals surface area contributed by atoms with Gasteiger partial charge in [0, 0.05) is 19.9 Å². The molecule has 0 aliphatic carbocycles. The number of hydrogen-bond donors (Lipinski definition) is 1. The van der Waals surface area contributed by atoms with Crippen molar-refractivity contribution in [1.82, 2.24) is 4.98 Å². The van der Waals surface area contributed by atoms with Crippen LogP contribution in [0.15, 0.2) is 18.3 Å². The molecule has 1 unspecified atom stereocenters. The minimum Gasteiger partial charge on any atom is -0.490 e. The lowest BCUT2D eigenvalue weighted by molar-refractivity contribution is 0.164. The third-order valence-electron chi connectivity index (χ3n) is 2.30. The standard InChI is InChI=1S/C13H22N2O2/c1-4-8-17-12-6-5-7-14-13(12)15-9-11(2)10-16-3/h5-7,11H,4,8-10H2,1-3H3,(H,14,15). The smallest absolute Gasteiger partial charge is 0.168 e. The SMILES string of the molecule is CCCOc1cccnc1NCC(C)COC. The number of aromatic nitrogens is 1. The molecule has 0 spiro atoms. The van der Waals surface area contributed by atoms with Gasteiger partial charge in [0.05, 0.1) is 13.2 Å². The fraction of sp³-hybridized carbons (Fsp3) is 0.615. The molecule has 0 amide bonds. The first kappa shape index (κ1) is 13.8. The van der Waals surface area contributed by atoms with E-state index in [9.17, 15) is 0 Å². The Hall–Kier alpha value is -1.29. The molecule has 17 heavy (non-hydrogen) atoms. The maximum atomic E-state index is 5.62. The van der Waals surface area contributed by atoms with Crippen LogP contribution >= 0.6 is 0 Å². The fourth-order valence-corrected chi connectivity index (χ4v) is 1.47. The Morgan fingerprint density at radius 3 is 3.00 bits per heavy atom. The van der Waals surface area contributed by atoms with Gasteiger partial charge in [0.15, 0.2) is 11.6 Å². The molecular formula is C13H22N2O2. The van der Waals surface area contributed by atoms with E-state index in [2.05, 4.69) is 24.1 Å². The Labute approximate surface area is 103 Å². The number of nitrogens with one attached hydrogen (secondary N) is 1. The van der Waals surface area contributed by atoms with Crippen molar-refractivity contribution in [1.29, 1.82) is 0 Å². The van der Waals surface area contributed by atoms with Gasteiger partial charge in [-0.3, -0.25) is 0 Å². The van der Waals surface area contributed by atoms with Gasteiger partial charge in [0.2, 0.25) is 0 Å². The van der Waals surface area contributed by atoms with Gasteiger partial charge in [-0.1, -0.05) is 13.8 Å². The zero-order valence-corrected chi connectivity index (χ0v) is 10.9. The van der Waals surface area contributed by atoms with Crippen LogP contribution in [0.1, 0.15) is 20.3 Å². The van der Waals surface area contributed by atoms with Crippen LogP contribution in [-0.2, 0) is 4.74 Å². The average Bonchev–Trinajstić information content (AvgIpc) is 2.35. The quantitative estimate of drug-likeness (QED) is 0.756. The number of methoxy groups -OCH3 is 1. The highest BCUT2D eigenvalue weighted by Gasteiger charge is 2.06. The summed E-state index contributed by atoms with van der Waals surface area (Å²) < 4.78 is 10.7. The number of rotatable bonds is 8. The molecule has 0 aliphatic heterocycles. The van der Waals surface area contributed by atoms with Gasteiger partial charge in [0.1, 0.15) is 0 Å². The molecule has 0 saturated heterocycles. The predicted octanol–water partition coefficient (Wildman–Crippen LogP) is 2.56. The summed E-state index contributed by atoms with van der Waals surface area (Å²) in [4.78, 5) is 4.29. The van der Waals surface area contributed by atoms with E-state index in [0.717, 1.165) is 31.1 Å². The summed E-state index contributed by atoms with van der Waals surface area (Å²) in [6.07, 6.45) is 2.76. The Balaban J connectivity index is 2.51. The number of nitrogens with zero attached hydrogens (tertiary/aromatic N) is 1. The van der Waals surface area contributed by atoms with Crippen LogP contribution in [-0.4, -0.2) is 31.9 Å². The molecule has 4 heteroatoms. The molecule has 0 radical (unpaired) electrons. The lowest BCUT2D eigenvalue weighted by Crippen LogP contribution is -2.17. The second-order valence-corrected chi connectivity index (χ2v) is 4.14. The summed E-state index contributed by atoms with van der Waals surface area (Å²) in [5, 5.41) is 3.29. The van der Waals surface area contributed by atoms with E-state index in [0.29, 0.717) is 12.5 Å². The zero-order valence-electron chi connectivity index (χ0n) is 10.9. The monoisotopic (exact) mass is 238 g/mol. The van der Waals surface area contributed by atoms with E-state index in [1.165, 1.54) is 0 Å². The summed E-state index contributed by atoms with van der Waals surface area (Å²) in [5.41, 5.74) is 0. The van der Waals surface area contributed by atoms with Crippen molar-refractivity contribution < 1.29 is 9.47 Å². The van der Waals surface area contributed by atoms with Crippen LogP contribution in [0.4, 0.5) is 5.82 Å². The van der Waals surface area contributed by atoms with Crippen molar-refractivity contribution in [2.75, 3.05) is 32.2 Å². The van der Waals surface area contributed by atoms with Crippen LogP contribution in [0.25, 0.3) is 0 Å². The molecule has 0 bridgehead atoms. The second kappa shape index (κ2) is 7.90. The van der Waals surface area contributed by atoms with E-state index < -0.39 is 0 Å². The molecule has 1 aromatic heterocycles. The summed E-state index contributed by atoms with van der Waals surface area (Å²) >= 11 is 0. The van der Waals surface area contributed by atoms with Gasteiger partial charge in [0.25, 0.3) is 0 Å². The molecule has 1 rings (SSSR count). The van der Waals surface area contributed by atoms with E-state index >= 15 is 0 Å². The van der Waals surface area contributed by atoms with Crippen molar-refractivity contribution in [2.24, 2.45) is 5.92 Å². The highest BCUT2D eigenvalue weighted by molar-refractivity contribution is 5.49. The molecule has 1 N–H and O–H groups in total. The Kier molecular flexibility index (Phi) is 6.40. The Morgan fingerprint density at radius 2 is 2.29 bits per heavy atom. The molecular weight excluding hydrogens is 216 g/mol. The highest BCUT2D eigenvalue weighted by atomic mass is 16.5. The molecule has 0 aromatic carbocycles.